The number of nitrogens with two attached hydrogens (primary N) is 1. The van der Waals surface area contributed by atoms with Crippen molar-refractivity contribution < 1.29 is 4.79 Å². The highest BCUT2D eigenvalue weighted by molar-refractivity contribution is 5.82. The van der Waals surface area contributed by atoms with Crippen molar-refractivity contribution in [3.63, 3.8) is 0 Å². The normalized spacial score (nSPS) is 20.0. The van der Waals surface area contributed by atoms with Crippen LogP contribution in [0.3, 0.4) is 0 Å². The Morgan fingerprint density at radius 1 is 1.24 bits per heavy atom. The lowest BCUT2D eigenvalue weighted by molar-refractivity contribution is -0.136. The largest absolute Gasteiger partial charge is 0.339 e. The SMILES string of the molecule is CC(C)[C@H](N)C(=O)N(C[C@H]1CCCN(Cc2ccccc2)C1)C(C)C. The summed E-state index contributed by atoms with van der Waals surface area (Å²) in [6, 6.07) is 10.4. The van der Waals surface area contributed by atoms with Crippen LogP contribution in [0.1, 0.15) is 46.1 Å². The number of nitrogens with zero attached hydrogens (tertiary/aromatic N) is 2. The van der Waals surface area contributed by atoms with Gasteiger partial charge in [0.15, 0.2) is 0 Å². The zero-order chi connectivity index (χ0) is 18.4. The highest BCUT2D eigenvalue weighted by Crippen LogP contribution is 2.21. The number of hydrogen-bond acceptors (Lipinski definition) is 3. The predicted octanol–water partition coefficient (Wildman–Crippen LogP) is 3.12. The molecule has 0 spiro atoms. The number of hydrogen-bond donors (Lipinski definition) is 1. The summed E-state index contributed by atoms with van der Waals surface area (Å²) >= 11 is 0. The molecule has 4 nitrogen and oxygen atoms in total. The molecule has 0 radical (unpaired) electrons. The maximum Gasteiger partial charge on any atom is 0.239 e. The van der Waals surface area contributed by atoms with Gasteiger partial charge in [0.25, 0.3) is 0 Å². The molecule has 0 unspecified atom stereocenters. The fourth-order valence-electron chi connectivity index (χ4n) is 3.60. The van der Waals surface area contributed by atoms with Crippen molar-refractivity contribution in [3.8, 4) is 0 Å². The van der Waals surface area contributed by atoms with E-state index in [0.29, 0.717) is 5.92 Å². The first kappa shape index (κ1) is 19.9. The minimum atomic E-state index is -0.397. The van der Waals surface area contributed by atoms with Gasteiger partial charge in [-0.15, -0.1) is 0 Å². The Labute approximate surface area is 153 Å². The first-order valence-electron chi connectivity index (χ1n) is 9.70. The standard InChI is InChI=1S/C21H35N3O/c1-16(2)20(22)21(25)24(17(3)4)15-19-11-8-12-23(14-19)13-18-9-6-5-7-10-18/h5-7,9-10,16-17,19-20H,8,11-15,22H2,1-4H3/t19-,20-/m0/s1. The third-order valence-corrected chi connectivity index (χ3v) is 5.22. The summed E-state index contributed by atoms with van der Waals surface area (Å²) in [5.41, 5.74) is 7.49. The first-order valence-corrected chi connectivity index (χ1v) is 9.70. The van der Waals surface area contributed by atoms with E-state index in [9.17, 15) is 4.79 Å². The van der Waals surface area contributed by atoms with Crippen molar-refractivity contribution in [3.05, 3.63) is 35.9 Å². The summed E-state index contributed by atoms with van der Waals surface area (Å²) < 4.78 is 0. The number of carbonyl (C=O) groups excluding carboxylic acids is 1. The minimum Gasteiger partial charge on any atom is -0.339 e. The van der Waals surface area contributed by atoms with Gasteiger partial charge >= 0.3 is 0 Å². The van der Waals surface area contributed by atoms with E-state index < -0.39 is 6.04 Å². The highest BCUT2D eigenvalue weighted by Gasteiger charge is 2.29. The second-order valence-electron chi connectivity index (χ2n) is 8.08. The van der Waals surface area contributed by atoms with E-state index in [1.165, 1.54) is 18.4 Å². The Balaban J connectivity index is 1.95. The monoisotopic (exact) mass is 345 g/mol. The van der Waals surface area contributed by atoms with Crippen LogP contribution in [0.15, 0.2) is 30.3 Å². The molecule has 1 heterocycles. The second kappa shape index (κ2) is 9.35. The lowest BCUT2D eigenvalue weighted by Crippen LogP contribution is -2.52. The molecule has 2 atom stereocenters. The molecule has 1 amide bonds. The average Bonchev–Trinajstić information content (AvgIpc) is 2.59. The smallest absolute Gasteiger partial charge is 0.239 e. The van der Waals surface area contributed by atoms with E-state index in [1.54, 1.807) is 0 Å². The molecule has 25 heavy (non-hydrogen) atoms. The maximum absolute atomic E-state index is 12.8. The van der Waals surface area contributed by atoms with Crippen LogP contribution in [0.2, 0.25) is 0 Å². The lowest BCUT2D eigenvalue weighted by Gasteiger charge is -2.38. The van der Waals surface area contributed by atoms with Crippen LogP contribution in [-0.2, 0) is 11.3 Å². The topological polar surface area (TPSA) is 49.6 Å². The zero-order valence-corrected chi connectivity index (χ0v) is 16.3. The Morgan fingerprint density at radius 2 is 1.92 bits per heavy atom. The van der Waals surface area contributed by atoms with Gasteiger partial charge in [-0.05, 0) is 50.6 Å². The molecule has 0 saturated carbocycles. The number of benzene rings is 1. The van der Waals surface area contributed by atoms with Crippen LogP contribution in [0.5, 0.6) is 0 Å². The van der Waals surface area contributed by atoms with Gasteiger partial charge in [-0.3, -0.25) is 9.69 Å². The average molecular weight is 346 g/mol. The van der Waals surface area contributed by atoms with Crippen LogP contribution in [0, 0.1) is 11.8 Å². The fourth-order valence-corrected chi connectivity index (χ4v) is 3.60. The minimum absolute atomic E-state index is 0.102. The van der Waals surface area contributed by atoms with E-state index >= 15 is 0 Å². The van der Waals surface area contributed by atoms with Crippen LogP contribution in [0.25, 0.3) is 0 Å². The molecule has 1 aromatic rings. The van der Waals surface area contributed by atoms with Crippen LogP contribution in [0.4, 0.5) is 0 Å². The Bertz CT molecular complexity index is 529. The molecular formula is C21H35N3O. The summed E-state index contributed by atoms with van der Waals surface area (Å²) in [5.74, 6) is 0.808. The van der Waals surface area contributed by atoms with Gasteiger partial charge in [0.1, 0.15) is 0 Å². The van der Waals surface area contributed by atoms with Gasteiger partial charge in [-0.25, -0.2) is 0 Å². The number of likely N-dealkylation sites (tertiary alicyclic amines) is 1. The van der Waals surface area contributed by atoms with E-state index in [-0.39, 0.29) is 17.9 Å². The molecule has 0 aliphatic carbocycles. The highest BCUT2D eigenvalue weighted by atomic mass is 16.2. The molecule has 2 rings (SSSR count). The van der Waals surface area contributed by atoms with Gasteiger partial charge < -0.3 is 10.6 Å². The van der Waals surface area contributed by atoms with Crippen molar-refractivity contribution >= 4 is 5.91 Å². The van der Waals surface area contributed by atoms with E-state index in [2.05, 4.69) is 49.1 Å². The molecule has 1 saturated heterocycles. The third kappa shape index (κ3) is 5.82. The van der Waals surface area contributed by atoms with Gasteiger partial charge in [0.05, 0.1) is 6.04 Å². The van der Waals surface area contributed by atoms with Crippen molar-refractivity contribution in [2.24, 2.45) is 17.6 Å². The Kier molecular flexibility index (Phi) is 7.45. The molecule has 140 valence electrons. The van der Waals surface area contributed by atoms with Crippen molar-refractivity contribution in [1.29, 1.82) is 0 Å². The summed E-state index contributed by atoms with van der Waals surface area (Å²) in [6.07, 6.45) is 2.40. The number of piperidine rings is 1. The molecule has 1 aliphatic rings. The van der Waals surface area contributed by atoms with E-state index in [0.717, 1.165) is 26.2 Å². The van der Waals surface area contributed by atoms with Crippen molar-refractivity contribution in [2.75, 3.05) is 19.6 Å². The Hall–Kier alpha value is -1.39. The summed E-state index contributed by atoms with van der Waals surface area (Å²) in [6.45, 7) is 12.2. The van der Waals surface area contributed by atoms with Gasteiger partial charge in [0, 0.05) is 25.7 Å². The van der Waals surface area contributed by atoms with Crippen LogP contribution < -0.4 is 5.73 Å². The molecular weight excluding hydrogens is 310 g/mol. The summed E-state index contributed by atoms with van der Waals surface area (Å²) in [5, 5.41) is 0. The molecule has 4 heteroatoms. The number of amides is 1. The van der Waals surface area contributed by atoms with Crippen LogP contribution in [-0.4, -0.2) is 47.4 Å². The number of rotatable bonds is 7. The summed E-state index contributed by atoms with van der Waals surface area (Å²) in [4.78, 5) is 17.3. The molecule has 1 aliphatic heterocycles. The molecule has 2 N–H and O–H groups in total. The molecule has 1 fully saturated rings. The van der Waals surface area contributed by atoms with Gasteiger partial charge in [-0.1, -0.05) is 44.2 Å². The van der Waals surface area contributed by atoms with Gasteiger partial charge in [-0.2, -0.15) is 0 Å². The van der Waals surface area contributed by atoms with E-state index in [1.807, 2.05) is 18.7 Å². The van der Waals surface area contributed by atoms with E-state index in [4.69, 9.17) is 5.73 Å². The number of carbonyl (C=O) groups is 1. The van der Waals surface area contributed by atoms with Crippen LogP contribution >= 0.6 is 0 Å². The lowest BCUT2D eigenvalue weighted by atomic mass is 9.95. The molecule has 0 bridgehead atoms. The molecule has 1 aromatic carbocycles. The summed E-state index contributed by atoms with van der Waals surface area (Å²) in [7, 11) is 0. The Morgan fingerprint density at radius 3 is 2.52 bits per heavy atom. The maximum atomic E-state index is 12.8. The van der Waals surface area contributed by atoms with Crippen molar-refractivity contribution in [2.45, 2.75) is 59.2 Å². The third-order valence-electron chi connectivity index (χ3n) is 5.22. The quantitative estimate of drug-likeness (QED) is 0.826. The van der Waals surface area contributed by atoms with Gasteiger partial charge in [0.2, 0.25) is 5.91 Å². The zero-order valence-electron chi connectivity index (χ0n) is 16.3. The second-order valence-corrected chi connectivity index (χ2v) is 8.08. The first-order chi connectivity index (χ1) is 11.9. The molecule has 0 aromatic heterocycles. The predicted molar refractivity (Wildman–Crippen MR) is 104 cm³/mol. The van der Waals surface area contributed by atoms with Crippen molar-refractivity contribution in [1.82, 2.24) is 9.80 Å². The fraction of sp³-hybridized carbons (Fsp3) is 0.667.